The highest BCUT2D eigenvalue weighted by Crippen LogP contribution is 2.24. The summed E-state index contributed by atoms with van der Waals surface area (Å²) in [6.45, 7) is 2.79. The van der Waals surface area contributed by atoms with Crippen molar-refractivity contribution in [2.75, 3.05) is 45.2 Å². The quantitative estimate of drug-likeness (QED) is 0.710. The molecule has 2 aromatic carbocycles. The van der Waals surface area contributed by atoms with Crippen LogP contribution in [0.1, 0.15) is 15.9 Å². The van der Waals surface area contributed by atoms with Crippen molar-refractivity contribution in [1.29, 1.82) is 0 Å². The van der Waals surface area contributed by atoms with E-state index in [4.69, 9.17) is 11.6 Å². The van der Waals surface area contributed by atoms with E-state index in [1.54, 1.807) is 29.2 Å². The summed E-state index contributed by atoms with van der Waals surface area (Å²) in [5.74, 6) is -1.18. The number of amides is 2. The van der Waals surface area contributed by atoms with E-state index in [1.807, 2.05) is 7.05 Å². The molecule has 2 amide bonds. The Morgan fingerprint density at radius 1 is 1.10 bits per heavy atom. The first-order chi connectivity index (χ1) is 13.9. The van der Waals surface area contributed by atoms with Crippen LogP contribution in [0.15, 0.2) is 42.5 Å². The molecule has 1 heterocycles. The molecule has 3 rings (SSSR count). The molecular weight excluding hydrogens is 397 g/mol. The van der Waals surface area contributed by atoms with Crippen LogP contribution in [-0.2, 0) is 11.3 Å². The molecule has 0 radical (unpaired) electrons. The third-order valence-electron chi connectivity index (χ3n) is 4.95. The zero-order valence-electron chi connectivity index (χ0n) is 16.4. The topological polar surface area (TPSA) is 53.1 Å². The Morgan fingerprint density at radius 3 is 2.34 bits per heavy atom. The number of nitrogens with zero attached hydrogens (tertiary/aromatic N) is 3. The zero-order valence-corrected chi connectivity index (χ0v) is 17.2. The summed E-state index contributed by atoms with van der Waals surface area (Å²) in [7, 11) is 3.25. The number of esters is 1. The van der Waals surface area contributed by atoms with Crippen molar-refractivity contribution >= 4 is 29.3 Å². The minimum absolute atomic E-state index is 0.0279. The van der Waals surface area contributed by atoms with E-state index in [9.17, 15) is 14.0 Å². The zero-order chi connectivity index (χ0) is 21.0. The lowest BCUT2D eigenvalue weighted by Crippen LogP contribution is -2.52. The van der Waals surface area contributed by atoms with Crippen molar-refractivity contribution in [2.45, 2.75) is 6.54 Å². The third kappa shape index (κ3) is 5.05. The molecule has 8 heteroatoms. The number of anilines is 1. The molecule has 0 aliphatic carbocycles. The monoisotopic (exact) mass is 419 g/mol. The number of hydrogen-bond donors (Lipinski definition) is 0. The number of rotatable bonds is 4. The van der Waals surface area contributed by atoms with Gasteiger partial charge in [-0.3, -0.25) is 4.90 Å². The molecule has 1 aliphatic heterocycles. The highest BCUT2D eigenvalue weighted by atomic mass is 35.5. The maximum Gasteiger partial charge on any atom is 0.337 e. The van der Waals surface area contributed by atoms with Gasteiger partial charge in [0.1, 0.15) is 5.82 Å². The number of methoxy groups -OCH3 is 1. The van der Waals surface area contributed by atoms with Gasteiger partial charge in [-0.15, -0.1) is 0 Å². The fourth-order valence-electron chi connectivity index (χ4n) is 3.15. The normalized spacial score (nSPS) is 14.6. The fourth-order valence-corrected chi connectivity index (χ4v) is 3.28. The van der Waals surface area contributed by atoms with Gasteiger partial charge < -0.3 is 14.5 Å². The Bertz CT molecular complexity index is 883. The summed E-state index contributed by atoms with van der Waals surface area (Å²) in [5, 5.41) is 0.550. The third-order valence-corrected chi connectivity index (χ3v) is 5.20. The maximum atomic E-state index is 14.7. The van der Waals surface area contributed by atoms with Crippen LogP contribution >= 0.6 is 11.6 Å². The van der Waals surface area contributed by atoms with E-state index in [0.29, 0.717) is 29.4 Å². The number of carbonyl (C=O) groups excluding carboxylic acids is 2. The molecule has 1 saturated heterocycles. The van der Waals surface area contributed by atoms with E-state index in [1.165, 1.54) is 24.1 Å². The van der Waals surface area contributed by atoms with Gasteiger partial charge in [0, 0.05) is 42.5 Å². The average Bonchev–Trinajstić information content (AvgIpc) is 2.73. The lowest BCUT2D eigenvalue weighted by Gasteiger charge is -2.36. The number of carbonyl (C=O) groups is 2. The first kappa shape index (κ1) is 21.1. The minimum Gasteiger partial charge on any atom is -0.465 e. The van der Waals surface area contributed by atoms with Gasteiger partial charge >= 0.3 is 12.0 Å². The summed E-state index contributed by atoms with van der Waals surface area (Å²) in [5.41, 5.74) is 1.04. The molecular formula is C21H23ClFN3O3. The van der Waals surface area contributed by atoms with Gasteiger partial charge in [-0.1, -0.05) is 17.7 Å². The van der Waals surface area contributed by atoms with Crippen LogP contribution in [0.25, 0.3) is 0 Å². The Hall–Kier alpha value is -2.64. The summed E-state index contributed by atoms with van der Waals surface area (Å²) in [4.78, 5) is 30.3. The van der Waals surface area contributed by atoms with Crippen LogP contribution in [0.5, 0.6) is 0 Å². The van der Waals surface area contributed by atoms with Crippen LogP contribution in [0.3, 0.4) is 0 Å². The second-order valence-electron chi connectivity index (χ2n) is 6.93. The summed E-state index contributed by atoms with van der Waals surface area (Å²) >= 11 is 5.98. The van der Waals surface area contributed by atoms with Crippen molar-refractivity contribution in [3.05, 3.63) is 64.4 Å². The number of hydrogen-bond acceptors (Lipinski definition) is 4. The fraction of sp³-hybridized carbons (Fsp3) is 0.333. The summed E-state index contributed by atoms with van der Waals surface area (Å²) in [6.07, 6.45) is 0. The smallest absolute Gasteiger partial charge is 0.337 e. The highest BCUT2D eigenvalue weighted by molar-refractivity contribution is 6.30. The number of halogens is 2. The molecule has 0 spiro atoms. The largest absolute Gasteiger partial charge is 0.465 e. The van der Waals surface area contributed by atoms with E-state index in [0.717, 1.165) is 19.2 Å². The Labute approximate surface area is 174 Å². The van der Waals surface area contributed by atoms with Crippen LogP contribution in [0.4, 0.5) is 14.9 Å². The van der Waals surface area contributed by atoms with E-state index in [-0.39, 0.29) is 18.1 Å². The lowest BCUT2D eigenvalue weighted by atomic mass is 10.1. The molecule has 0 unspecified atom stereocenters. The molecule has 2 aromatic rings. The van der Waals surface area contributed by atoms with Gasteiger partial charge in [-0.25, -0.2) is 14.0 Å². The van der Waals surface area contributed by atoms with E-state index >= 15 is 0 Å². The van der Waals surface area contributed by atoms with Gasteiger partial charge in [-0.05, 0) is 43.4 Å². The van der Waals surface area contributed by atoms with Crippen LogP contribution in [0, 0.1) is 5.82 Å². The summed E-state index contributed by atoms with van der Waals surface area (Å²) in [6, 6.07) is 10.8. The van der Waals surface area contributed by atoms with Crippen molar-refractivity contribution in [3.8, 4) is 0 Å². The van der Waals surface area contributed by atoms with Crippen molar-refractivity contribution in [1.82, 2.24) is 9.80 Å². The molecule has 0 saturated carbocycles. The van der Waals surface area contributed by atoms with E-state index in [2.05, 4.69) is 9.64 Å². The van der Waals surface area contributed by atoms with Gasteiger partial charge in [0.05, 0.1) is 19.2 Å². The second-order valence-corrected chi connectivity index (χ2v) is 7.37. The Morgan fingerprint density at radius 2 is 1.76 bits per heavy atom. The predicted molar refractivity (Wildman–Crippen MR) is 110 cm³/mol. The first-order valence-electron chi connectivity index (χ1n) is 9.26. The molecule has 1 aliphatic rings. The molecule has 0 aromatic heterocycles. The highest BCUT2D eigenvalue weighted by Gasteiger charge is 2.26. The van der Waals surface area contributed by atoms with Crippen LogP contribution < -0.4 is 4.90 Å². The van der Waals surface area contributed by atoms with Crippen LogP contribution in [-0.4, -0.2) is 62.1 Å². The first-order valence-corrected chi connectivity index (χ1v) is 9.64. The number of benzene rings is 2. The molecule has 154 valence electrons. The lowest BCUT2D eigenvalue weighted by molar-refractivity contribution is 0.0600. The average molecular weight is 420 g/mol. The Balaban J connectivity index is 1.88. The number of likely N-dealkylation sites (N-methyl/N-ethyl adjacent to an activating group) is 1. The molecule has 29 heavy (non-hydrogen) atoms. The molecule has 0 bridgehead atoms. The Kier molecular flexibility index (Phi) is 6.71. The molecule has 0 N–H and O–H groups in total. The van der Waals surface area contributed by atoms with Crippen LogP contribution in [0.2, 0.25) is 5.02 Å². The maximum absolute atomic E-state index is 14.7. The predicted octanol–water partition coefficient (Wildman–Crippen LogP) is 3.64. The molecule has 6 nitrogen and oxygen atoms in total. The summed E-state index contributed by atoms with van der Waals surface area (Å²) < 4.78 is 19.3. The van der Waals surface area contributed by atoms with Gasteiger partial charge in [0.25, 0.3) is 0 Å². The standard InChI is InChI=1S/C21H23ClFN3O3/c1-24-9-11-25(12-10-24)21(28)26(18-7-5-17(22)6-8-18)14-16-4-3-15(13-19(16)23)20(27)29-2/h3-8,13H,9-12,14H2,1-2H3. The van der Waals surface area contributed by atoms with Gasteiger partial charge in [0.15, 0.2) is 0 Å². The number of piperazine rings is 1. The SMILES string of the molecule is COC(=O)c1ccc(CN(C(=O)N2CCN(C)CC2)c2ccc(Cl)cc2)c(F)c1. The van der Waals surface area contributed by atoms with Crippen molar-refractivity contribution in [3.63, 3.8) is 0 Å². The van der Waals surface area contributed by atoms with Gasteiger partial charge in [0.2, 0.25) is 0 Å². The minimum atomic E-state index is -0.612. The van der Waals surface area contributed by atoms with Crippen molar-refractivity contribution < 1.29 is 18.7 Å². The second kappa shape index (κ2) is 9.24. The number of urea groups is 1. The van der Waals surface area contributed by atoms with Crippen molar-refractivity contribution in [2.24, 2.45) is 0 Å². The number of ether oxygens (including phenoxy) is 1. The van der Waals surface area contributed by atoms with Gasteiger partial charge in [-0.2, -0.15) is 0 Å². The molecule has 1 fully saturated rings. The van der Waals surface area contributed by atoms with E-state index < -0.39 is 11.8 Å². The molecule has 0 atom stereocenters.